The maximum absolute atomic E-state index is 12.4. The average molecular weight is 707 g/mol. The zero-order valence-electron chi connectivity index (χ0n) is 28.1. The molecule has 3 aromatic rings. The van der Waals surface area contributed by atoms with Gasteiger partial charge in [-0.2, -0.15) is 0 Å². The molecule has 11 heteroatoms. The summed E-state index contributed by atoms with van der Waals surface area (Å²) in [5.41, 5.74) is 3.29. The monoisotopic (exact) mass is 705 g/mol. The summed E-state index contributed by atoms with van der Waals surface area (Å²) in [4.78, 5) is 20.8. The van der Waals surface area contributed by atoms with Crippen molar-refractivity contribution in [2.45, 2.75) is 41.9 Å². The number of rotatable bonds is 14. The number of aldehydes is 1. The Morgan fingerprint density at radius 1 is 0.809 bits per heavy atom. The first-order valence-electron chi connectivity index (χ1n) is 15.8. The van der Waals surface area contributed by atoms with Crippen molar-refractivity contribution in [1.29, 1.82) is 0 Å². The normalized spacial score (nSPS) is 19.5. The Hall–Kier alpha value is -2.82. The number of fused-ring (bicyclic) bond motifs is 1. The lowest BCUT2D eigenvalue weighted by atomic mass is 9.90. The van der Waals surface area contributed by atoms with E-state index in [0.29, 0.717) is 12.4 Å². The molecular formula is C36H49Cl2N3O5S. The van der Waals surface area contributed by atoms with E-state index in [0.717, 1.165) is 98.9 Å². The Labute approximate surface area is 296 Å². The molecule has 258 valence electrons. The number of halogens is 2. The summed E-state index contributed by atoms with van der Waals surface area (Å²) in [6.45, 7) is 9.14. The second-order valence-electron chi connectivity index (χ2n) is 11.9. The van der Waals surface area contributed by atoms with Gasteiger partial charge in [0.05, 0.1) is 38.4 Å². The maximum atomic E-state index is 12.4. The number of anilines is 1. The van der Waals surface area contributed by atoms with Crippen molar-refractivity contribution in [2.75, 3.05) is 79.2 Å². The number of hydrogen-bond donors (Lipinski definition) is 0. The second-order valence-corrected chi connectivity index (χ2v) is 13.4. The van der Waals surface area contributed by atoms with E-state index in [1.54, 1.807) is 33.1 Å². The molecule has 0 radical (unpaired) electrons. The van der Waals surface area contributed by atoms with Gasteiger partial charge in [0.2, 0.25) is 0 Å². The van der Waals surface area contributed by atoms with Gasteiger partial charge in [-0.1, -0.05) is 30.3 Å². The van der Waals surface area contributed by atoms with Crippen molar-refractivity contribution < 1.29 is 23.7 Å². The number of nitrogens with zero attached hydrogens (tertiary/aromatic N) is 3. The van der Waals surface area contributed by atoms with Crippen LogP contribution in [0, 0.1) is 0 Å². The molecule has 5 rings (SSSR count). The standard InChI is InChI=1S/C36H47N3O5S.2ClH/c1-36(35(26-40)37(2)29-13-7-9-15-34(29)45-36)28-12-6-8-14-30(28)44-23-11-10-17-38-19-21-39(22-20-38)18-16-27-24-32(42-4)33(43-5)25-31(27)41-3;;/h6-9,12-15,24-26,35H,10-11,16-23H2,1-5H3;2*1H. The van der Waals surface area contributed by atoms with E-state index in [1.165, 1.54) is 4.90 Å². The largest absolute Gasteiger partial charge is 0.496 e. The fourth-order valence-corrected chi connectivity index (χ4v) is 8.04. The van der Waals surface area contributed by atoms with E-state index in [9.17, 15) is 4.79 Å². The molecule has 0 N–H and O–H groups in total. The lowest BCUT2D eigenvalue weighted by molar-refractivity contribution is -0.109. The Kier molecular flexibility index (Phi) is 14.9. The van der Waals surface area contributed by atoms with Gasteiger partial charge in [0.25, 0.3) is 0 Å². The lowest BCUT2D eigenvalue weighted by Crippen LogP contribution is -2.49. The van der Waals surface area contributed by atoms with E-state index in [-0.39, 0.29) is 30.9 Å². The number of carbonyl (C=O) groups excluding carboxylic acids is 1. The number of benzene rings is 3. The van der Waals surface area contributed by atoms with Gasteiger partial charge in [0, 0.05) is 56.3 Å². The summed E-state index contributed by atoms with van der Waals surface area (Å²) in [6, 6.07) is 20.1. The quantitative estimate of drug-likeness (QED) is 0.136. The molecule has 2 aliphatic heterocycles. The van der Waals surface area contributed by atoms with Gasteiger partial charge in [0.1, 0.15) is 23.8 Å². The van der Waals surface area contributed by atoms with Crippen molar-refractivity contribution in [3.63, 3.8) is 0 Å². The van der Waals surface area contributed by atoms with Crippen molar-refractivity contribution >= 4 is 48.5 Å². The molecule has 0 spiro atoms. The molecule has 0 amide bonds. The van der Waals surface area contributed by atoms with Crippen LogP contribution in [0.2, 0.25) is 0 Å². The highest BCUT2D eigenvalue weighted by molar-refractivity contribution is 8.00. The summed E-state index contributed by atoms with van der Waals surface area (Å²) in [5, 5.41) is 0. The van der Waals surface area contributed by atoms with Crippen LogP contribution in [0.3, 0.4) is 0 Å². The smallest absolute Gasteiger partial charge is 0.164 e. The van der Waals surface area contributed by atoms with Crippen LogP contribution < -0.4 is 23.8 Å². The van der Waals surface area contributed by atoms with Gasteiger partial charge in [-0.05, 0) is 62.6 Å². The molecule has 0 aromatic heterocycles. The first-order valence-corrected chi connectivity index (χ1v) is 16.7. The van der Waals surface area contributed by atoms with Crippen LogP contribution >= 0.6 is 36.6 Å². The molecule has 0 saturated carbocycles. The molecule has 0 aliphatic carbocycles. The predicted molar refractivity (Wildman–Crippen MR) is 196 cm³/mol. The zero-order chi connectivity index (χ0) is 31.8. The minimum atomic E-state index is -0.467. The highest BCUT2D eigenvalue weighted by Crippen LogP contribution is 2.54. The van der Waals surface area contributed by atoms with Crippen LogP contribution in [0.4, 0.5) is 5.69 Å². The molecular weight excluding hydrogens is 657 g/mol. The van der Waals surface area contributed by atoms with E-state index in [2.05, 4.69) is 45.9 Å². The minimum Gasteiger partial charge on any atom is -0.496 e. The number of unbranched alkanes of at least 4 members (excludes halogenated alkanes) is 1. The van der Waals surface area contributed by atoms with E-state index in [4.69, 9.17) is 18.9 Å². The number of hydrogen-bond acceptors (Lipinski definition) is 9. The van der Waals surface area contributed by atoms with E-state index < -0.39 is 4.75 Å². The number of piperazine rings is 1. The topological polar surface area (TPSA) is 63.7 Å². The number of carbonyl (C=O) groups is 1. The number of para-hydroxylation sites is 2. The van der Waals surface area contributed by atoms with Crippen molar-refractivity contribution in [1.82, 2.24) is 9.80 Å². The molecule has 0 bridgehead atoms. The third kappa shape index (κ3) is 8.81. The van der Waals surface area contributed by atoms with Gasteiger partial charge in [-0.25, -0.2) is 0 Å². The summed E-state index contributed by atoms with van der Waals surface area (Å²) < 4.78 is 22.5. The number of ether oxygens (including phenoxy) is 4. The van der Waals surface area contributed by atoms with Gasteiger partial charge >= 0.3 is 0 Å². The molecule has 2 atom stereocenters. The Morgan fingerprint density at radius 3 is 2.11 bits per heavy atom. The average Bonchev–Trinajstić information content (AvgIpc) is 3.07. The molecule has 1 saturated heterocycles. The highest BCUT2D eigenvalue weighted by atomic mass is 35.5. The molecule has 8 nitrogen and oxygen atoms in total. The molecule has 3 aromatic carbocycles. The van der Waals surface area contributed by atoms with Gasteiger partial charge in [0.15, 0.2) is 11.5 Å². The third-order valence-electron chi connectivity index (χ3n) is 9.17. The lowest BCUT2D eigenvalue weighted by Gasteiger charge is -2.46. The van der Waals surface area contributed by atoms with Crippen LogP contribution in [0.5, 0.6) is 23.0 Å². The summed E-state index contributed by atoms with van der Waals surface area (Å²) >= 11 is 1.75. The van der Waals surface area contributed by atoms with Crippen molar-refractivity contribution in [3.05, 3.63) is 71.8 Å². The fourth-order valence-electron chi connectivity index (χ4n) is 6.50. The fraction of sp³-hybridized carbons (Fsp3) is 0.472. The summed E-state index contributed by atoms with van der Waals surface area (Å²) in [6.07, 6.45) is 4.05. The van der Waals surface area contributed by atoms with Gasteiger partial charge in [-0.15, -0.1) is 36.6 Å². The molecule has 2 aliphatic rings. The van der Waals surface area contributed by atoms with Gasteiger partial charge < -0.3 is 38.4 Å². The Balaban J connectivity index is 0.00000300. The van der Waals surface area contributed by atoms with Crippen LogP contribution in [-0.4, -0.2) is 96.4 Å². The summed E-state index contributed by atoms with van der Waals surface area (Å²) in [5.74, 6) is 3.12. The summed E-state index contributed by atoms with van der Waals surface area (Å²) in [7, 11) is 7.01. The molecule has 47 heavy (non-hydrogen) atoms. The van der Waals surface area contributed by atoms with Gasteiger partial charge in [-0.3, -0.25) is 0 Å². The first kappa shape index (κ1) is 38.6. The predicted octanol–water partition coefficient (Wildman–Crippen LogP) is 6.60. The SMILES string of the molecule is COc1cc(OC)c(OC)cc1CCN1CCN(CCCCOc2ccccc2C2(C)Sc3ccccc3N(C)C2C=O)CC1.Cl.Cl. The third-order valence-corrected chi connectivity index (χ3v) is 10.6. The number of methoxy groups -OCH3 is 3. The number of thioether (sulfide) groups is 1. The van der Waals surface area contributed by atoms with Crippen molar-refractivity contribution in [2.24, 2.45) is 0 Å². The molecule has 2 heterocycles. The van der Waals surface area contributed by atoms with Crippen LogP contribution in [0.25, 0.3) is 0 Å². The Bertz CT molecular complexity index is 1440. The molecule has 2 unspecified atom stereocenters. The first-order chi connectivity index (χ1) is 21.9. The van der Waals surface area contributed by atoms with Crippen LogP contribution in [0.1, 0.15) is 30.9 Å². The van der Waals surface area contributed by atoms with Crippen LogP contribution in [-0.2, 0) is 16.0 Å². The van der Waals surface area contributed by atoms with Crippen LogP contribution in [0.15, 0.2) is 65.6 Å². The second kappa shape index (κ2) is 18.1. The van der Waals surface area contributed by atoms with Crippen molar-refractivity contribution in [3.8, 4) is 23.0 Å². The highest BCUT2D eigenvalue weighted by Gasteiger charge is 2.45. The Morgan fingerprint density at radius 2 is 1.43 bits per heavy atom. The molecule has 1 fully saturated rings. The van der Waals surface area contributed by atoms with E-state index >= 15 is 0 Å². The minimum absolute atomic E-state index is 0. The van der Waals surface area contributed by atoms with E-state index in [1.807, 2.05) is 43.4 Å². The number of likely N-dealkylation sites (N-methyl/N-ethyl adjacent to an activating group) is 1. The zero-order valence-corrected chi connectivity index (χ0v) is 30.6. The maximum Gasteiger partial charge on any atom is 0.164 e.